The number of phenols is 4. The number of ether oxygens (including phenoxy) is 7. The quantitative estimate of drug-likeness (QED) is 0.0387. The van der Waals surface area contributed by atoms with Crippen LogP contribution in [0.15, 0.2) is 115 Å². The Hall–Kier alpha value is -11.4. The summed E-state index contributed by atoms with van der Waals surface area (Å²) in [5.74, 6) is -15.0. The number of benzene rings is 7. The van der Waals surface area contributed by atoms with E-state index in [4.69, 9.17) is 62.1 Å². The standard InChI is InChI=1S/C88H103Cl2N11O27/c1-39(2)11-7-5-4-6-8-12-63(108)96-72-76(112)74(110)61(37-102)126-87(72)128-79-59-31-44-32-60(79)124-56-22-17-43(29-51(56)89)73(109)71-86(121)100-69(81(116)94-26-10-25-93-24-9-23-91)49-33-45(104)34-58(125-88-78(114)77(113)75(111)62(38-103)127-88)64(49)48-28-41(15-20-53(48)105)67(83(118)101-71)97-84(119)68(44)98-85(120)70-50-35-47(36-55(107)65(50)90)123-57-30-42(16-21-54(57)106)66(92-3)82(117)95-52(80(115)99-70)27-40-13-18-46(122-59)19-14-40/h13-22,28-36,39,52,61-62,66-78,87-88,92-93,102-107,109-114H,4-12,23-27,37-38,91H2,1-3H3,(H,94,116)(H,95,117)(H,96,108)(H,97,119)(H,98,120)(H,99,115)(H,100,121)(H,101,118)/t52-,61-,62-,66+,67-,68-,69+,70+,71+,72-,73-,74-,75-,76-,77+,78+,87+,88+/m1/s1. The second-order valence-electron chi connectivity index (χ2n) is 32.4. The molecule has 0 radical (unpaired) electrons. The predicted molar refractivity (Wildman–Crippen MR) is 455 cm³/mol. The molecule has 2 fully saturated rings. The van der Waals surface area contributed by atoms with Gasteiger partial charge in [0.1, 0.15) is 137 Å². The van der Waals surface area contributed by atoms with Crippen LogP contribution >= 0.6 is 23.2 Å². The molecule has 8 aliphatic heterocycles. The largest absolute Gasteiger partial charge is 0.508 e. The van der Waals surface area contributed by atoms with Gasteiger partial charge in [-0.2, -0.15) is 0 Å². The second-order valence-corrected chi connectivity index (χ2v) is 33.2. The van der Waals surface area contributed by atoms with Gasteiger partial charge in [0.05, 0.1) is 23.3 Å². The first-order valence-electron chi connectivity index (χ1n) is 41.9. The van der Waals surface area contributed by atoms with Gasteiger partial charge in [0.15, 0.2) is 23.0 Å². The molecular formula is C88H103Cl2N11O27. The maximum Gasteiger partial charge on any atom is 0.248 e. The number of nitrogens with two attached hydrogens (primary N) is 1. The number of unbranched alkanes of at least 4 members (excludes halogenated alkanes) is 4. The lowest BCUT2D eigenvalue weighted by molar-refractivity contribution is -0.277. The maximum atomic E-state index is 16.8. The molecule has 128 heavy (non-hydrogen) atoms. The number of hydrogen-bond donors (Lipinski definition) is 23. The summed E-state index contributed by atoms with van der Waals surface area (Å²) in [4.78, 5) is 125. The van der Waals surface area contributed by atoms with E-state index in [-0.39, 0.29) is 59.9 Å². The zero-order valence-electron chi connectivity index (χ0n) is 69.6. The van der Waals surface area contributed by atoms with Gasteiger partial charge in [-0.15, -0.1) is 0 Å². The fraction of sp³-hybridized carbons (Fsp3) is 0.432. The van der Waals surface area contributed by atoms with Gasteiger partial charge in [-0.3, -0.25) is 38.4 Å². The zero-order valence-corrected chi connectivity index (χ0v) is 71.1. The lowest BCUT2D eigenvalue weighted by Crippen LogP contribution is -2.65. The molecule has 18 atom stereocenters. The number of hydrogen-bond acceptors (Lipinski definition) is 30. The molecule has 24 N–H and O–H groups in total. The van der Waals surface area contributed by atoms with E-state index in [1.54, 1.807) is 0 Å². The van der Waals surface area contributed by atoms with E-state index in [2.05, 4.69) is 67.0 Å². The first kappa shape index (κ1) is 94.2. The number of aliphatic hydroxyl groups is 8. The molecule has 0 aliphatic carbocycles. The van der Waals surface area contributed by atoms with Crippen LogP contribution in [0.3, 0.4) is 0 Å². The minimum absolute atomic E-state index is 0.0802. The van der Waals surface area contributed by atoms with Crippen molar-refractivity contribution in [3.05, 3.63) is 164 Å². The van der Waals surface area contributed by atoms with Crippen LogP contribution in [0, 0.1) is 5.92 Å². The Kier molecular flexibility index (Phi) is 30.7. The number of likely N-dealkylation sites (N-methyl/N-ethyl adjacent to an activating group) is 1. The molecule has 7 aromatic carbocycles. The molecule has 0 aromatic heterocycles. The Balaban J connectivity index is 1.04. The lowest BCUT2D eigenvalue weighted by Gasteiger charge is -2.42. The van der Waals surface area contributed by atoms with E-state index < -0.39 is 260 Å². The van der Waals surface area contributed by atoms with Crippen molar-refractivity contribution in [2.24, 2.45) is 11.7 Å². The van der Waals surface area contributed by atoms with Crippen molar-refractivity contribution in [3.63, 3.8) is 0 Å². The minimum Gasteiger partial charge on any atom is -0.508 e. The monoisotopic (exact) mass is 1820 g/mol. The summed E-state index contributed by atoms with van der Waals surface area (Å²) >= 11 is 14.3. The lowest BCUT2D eigenvalue weighted by atomic mass is 9.89. The van der Waals surface area contributed by atoms with Crippen molar-refractivity contribution in [1.82, 2.24) is 53.2 Å². The topological polar surface area (TPSA) is 590 Å². The van der Waals surface area contributed by atoms with Gasteiger partial charge in [0, 0.05) is 48.2 Å². The fourth-order valence-corrected chi connectivity index (χ4v) is 16.4. The summed E-state index contributed by atoms with van der Waals surface area (Å²) < 4.78 is 44.9. The fourth-order valence-electron chi connectivity index (χ4n) is 15.9. The Labute approximate surface area is 743 Å². The summed E-state index contributed by atoms with van der Waals surface area (Å²) in [6, 6.07) is 6.48. The molecule has 8 amide bonds. The van der Waals surface area contributed by atoms with Gasteiger partial charge in [-0.25, -0.2) is 0 Å². The molecule has 15 rings (SSSR count). The molecule has 8 heterocycles. The summed E-state index contributed by atoms with van der Waals surface area (Å²) in [7, 11) is 1.44. The molecular weight excluding hydrogens is 1710 g/mol. The number of carbonyl (C=O) groups excluding carboxylic acids is 8. The van der Waals surface area contributed by atoms with Gasteiger partial charge < -0.3 is 153 Å². The van der Waals surface area contributed by atoms with Gasteiger partial charge in [0.2, 0.25) is 65.6 Å². The number of aromatic hydroxyl groups is 4. The van der Waals surface area contributed by atoms with Crippen LogP contribution in [0.1, 0.15) is 147 Å². The summed E-state index contributed by atoms with van der Waals surface area (Å²) in [5, 5.41) is 165. The Bertz CT molecular complexity index is 5250. The molecule has 38 nitrogen and oxygen atoms in total. The third-order valence-corrected chi connectivity index (χ3v) is 23.5. The molecule has 0 unspecified atom stereocenters. The number of carbonyl (C=O) groups is 8. The van der Waals surface area contributed by atoms with E-state index in [0.29, 0.717) is 50.4 Å². The SMILES string of the molecule is CN[C@@H]1C(=O)N[C@@H]2Cc3ccc(cc3)Oc3cc4cc(c3O[C@@H]3O[C@H](CO)[C@@H](O)[C@H](O)[C@H]3NC(=O)CCCCCCCC(C)C)Oc3ccc(cc3Cl)[C@@H](O)[C@@H]3NC(=O)[C@H](NC(=O)[C@@H]4NC(=O)[C@@H](NC2=O)c2cc(cc(O)c2Cl)Oc2cc1ccc2O)c1ccc(O)c(c1)-c1c(O[C@H]2O[C@H](CO)[C@@H](O)[C@H](O)[C@@H]2O)cc(O)cc1[C@@H](C(=O)NCCCNCCCN)NC3=O. The first-order chi connectivity index (χ1) is 61.3. The van der Waals surface area contributed by atoms with E-state index >= 15 is 28.8 Å². The number of phenolic OH excluding ortho intramolecular Hbond substituents is 4. The number of fused-ring (bicyclic) bond motifs is 14. The highest BCUT2D eigenvalue weighted by Gasteiger charge is 2.50. The number of aliphatic hydroxyl groups excluding tert-OH is 8. The molecule has 0 spiro atoms. The van der Waals surface area contributed by atoms with Gasteiger partial charge in [-0.1, -0.05) is 99.5 Å². The molecule has 0 saturated carbocycles. The highest BCUT2D eigenvalue weighted by Crippen LogP contribution is 2.51. The van der Waals surface area contributed by atoms with Crippen LogP contribution in [-0.4, -0.2) is 228 Å². The molecule has 8 aliphatic rings. The average molecular weight is 1820 g/mol. The molecule has 40 heteroatoms. The molecule has 686 valence electrons. The smallest absolute Gasteiger partial charge is 0.248 e. The van der Waals surface area contributed by atoms with Crippen molar-refractivity contribution < 1.29 is 133 Å². The van der Waals surface area contributed by atoms with Crippen molar-refractivity contribution in [3.8, 4) is 80.1 Å². The number of rotatable bonds is 24. The minimum atomic E-state index is -2.41. The van der Waals surface area contributed by atoms with E-state index in [9.17, 15) is 70.9 Å². The van der Waals surface area contributed by atoms with Crippen LogP contribution in [0.25, 0.3) is 11.1 Å². The van der Waals surface area contributed by atoms with Crippen LogP contribution < -0.4 is 82.6 Å². The third-order valence-electron chi connectivity index (χ3n) is 22.8. The Morgan fingerprint density at radius 3 is 1.88 bits per heavy atom. The maximum absolute atomic E-state index is 16.8. The molecule has 7 aromatic rings. The van der Waals surface area contributed by atoms with Crippen LogP contribution in [0.2, 0.25) is 10.0 Å². The number of amides is 8. The normalized spacial score (nSPS) is 25.8. The van der Waals surface area contributed by atoms with Crippen molar-refractivity contribution >= 4 is 70.5 Å². The summed E-state index contributed by atoms with van der Waals surface area (Å²) in [6.07, 6.45) is -14.5. The van der Waals surface area contributed by atoms with Gasteiger partial charge in [0.25, 0.3) is 0 Å². The van der Waals surface area contributed by atoms with Gasteiger partial charge >= 0.3 is 0 Å². The average Bonchev–Trinajstić information content (AvgIpc) is 0.755. The van der Waals surface area contributed by atoms with E-state index in [1.807, 2.05) is 0 Å². The van der Waals surface area contributed by atoms with Crippen molar-refractivity contribution in [2.45, 2.75) is 188 Å². The highest BCUT2D eigenvalue weighted by atomic mass is 35.5. The van der Waals surface area contributed by atoms with E-state index in [1.165, 1.54) is 61.6 Å². The van der Waals surface area contributed by atoms with Gasteiger partial charge in [-0.05, 0) is 158 Å². The van der Waals surface area contributed by atoms with Crippen LogP contribution in [0.5, 0.6) is 69.0 Å². The first-order valence-corrected chi connectivity index (χ1v) is 42.7. The summed E-state index contributed by atoms with van der Waals surface area (Å²) in [5.41, 5.74) is 3.21. The van der Waals surface area contributed by atoms with Crippen LogP contribution in [-0.2, 0) is 54.3 Å². The third kappa shape index (κ3) is 21.4. The Morgan fingerprint density at radius 2 is 1.17 bits per heavy atom. The molecule has 2 saturated heterocycles. The molecule has 17 bridgehead atoms. The van der Waals surface area contributed by atoms with Crippen LogP contribution in [0.4, 0.5) is 0 Å². The van der Waals surface area contributed by atoms with E-state index in [0.717, 1.165) is 86.3 Å². The Morgan fingerprint density at radius 1 is 0.539 bits per heavy atom. The number of halogens is 2. The highest BCUT2D eigenvalue weighted by molar-refractivity contribution is 6.33. The number of nitrogens with one attached hydrogen (secondary N) is 10. The second kappa shape index (κ2) is 41.8. The van der Waals surface area contributed by atoms with Crippen molar-refractivity contribution in [2.75, 3.05) is 46.4 Å². The van der Waals surface area contributed by atoms with Crippen molar-refractivity contribution in [1.29, 1.82) is 0 Å². The predicted octanol–water partition coefficient (Wildman–Crippen LogP) is 3.06. The summed E-state index contributed by atoms with van der Waals surface area (Å²) in [6.45, 7) is 3.45. The zero-order chi connectivity index (χ0) is 91.6.